The minimum absolute atomic E-state index is 0.0885. The zero-order valence-corrected chi connectivity index (χ0v) is 14.9. The Morgan fingerprint density at radius 1 is 1.21 bits per heavy atom. The number of hydrogen-bond donors (Lipinski definition) is 0. The van der Waals surface area contributed by atoms with Crippen LogP contribution in [0, 0.1) is 13.8 Å². The van der Waals surface area contributed by atoms with E-state index in [0.29, 0.717) is 11.7 Å². The maximum absolute atomic E-state index is 13.0. The molecule has 0 aliphatic carbocycles. The van der Waals surface area contributed by atoms with Crippen molar-refractivity contribution in [2.24, 2.45) is 0 Å². The molecule has 0 fully saturated rings. The van der Waals surface area contributed by atoms with Crippen LogP contribution in [0.3, 0.4) is 0 Å². The van der Waals surface area contributed by atoms with Crippen molar-refractivity contribution in [1.82, 2.24) is 24.3 Å². The highest BCUT2D eigenvalue weighted by Gasteiger charge is 2.30. The summed E-state index contributed by atoms with van der Waals surface area (Å²) in [6.45, 7) is 3.66. The van der Waals surface area contributed by atoms with E-state index in [1.807, 2.05) is 0 Å². The van der Waals surface area contributed by atoms with Crippen molar-refractivity contribution in [3.8, 4) is 5.69 Å². The van der Waals surface area contributed by atoms with E-state index in [0.717, 1.165) is 17.8 Å². The van der Waals surface area contributed by atoms with Crippen LogP contribution in [-0.2, 0) is 12.7 Å². The molecule has 0 aliphatic rings. The summed E-state index contributed by atoms with van der Waals surface area (Å²) in [5.41, 5.74) is -0.142. The molecular weight excluding hydrogens is 375 g/mol. The number of oxazole rings is 1. The summed E-state index contributed by atoms with van der Waals surface area (Å²) in [7, 11) is 0. The van der Waals surface area contributed by atoms with Crippen molar-refractivity contribution in [1.29, 1.82) is 0 Å². The Hall–Kier alpha value is -3.43. The molecule has 0 bridgehead atoms. The zero-order valence-electron chi connectivity index (χ0n) is 14.9. The number of alkyl halides is 3. The summed E-state index contributed by atoms with van der Waals surface area (Å²) in [5, 5.41) is 4.23. The summed E-state index contributed by atoms with van der Waals surface area (Å²) in [5.74, 6) is 1.03. The minimum atomic E-state index is -4.48. The van der Waals surface area contributed by atoms with Gasteiger partial charge in [-0.15, -0.1) is 0 Å². The van der Waals surface area contributed by atoms with Gasteiger partial charge >= 0.3 is 6.18 Å². The first-order valence-electron chi connectivity index (χ1n) is 8.28. The molecule has 0 unspecified atom stereocenters. The summed E-state index contributed by atoms with van der Waals surface area (Å²) < 4.78 is 46.9. The first kappa shape index (κ1) is 18.0. The second-order valence-corrected chi connectivity index (χ2v) is 6.27. The van der Waals surface area contributed by atoms with Crippen molar-refractivity contribution in [2.45, 2.75) is 26.6 Å². The molecule has 0 saturated carbocycles. The lowest BCUT2D eigenvalue weighted by Crippen LogP contribution is -2.21. The van der Waals surface area contributed by atoms with Gasteiger partial charge in [0.1, 0.15) is 24.0 Å². The van der Waals surface area contributed by atoms with Crippen molar-refractivity contribution in [3.05, 3.63) is 70.1 Å². The molecule has 0 aliphatic heterocycles. The molecule has 4 rings (SSSR count). The van der Waals surface area contributed by atoms with Crippen LogP contribution in [-0.4, -0.2) is 24.3 Å². The largest absolute Gasteiger partial charge is 0.444 e. The van der Waals surface area contributed by atoms with E-state index in [-0.39, 0.29) is 23.3 Å². The van der Waals surface area contributed by atoms with Crippen LogP contribution in [0.15, 0.2) is 46.0 Å². The molecule has 0 saturated heterocycles. The lowest BCUT2D eigenvalue weighted by Gasteiger charge is -2.09. The number of aryl methyl sites for hydroxylation is 2. The second-order valence-electron chi connectivity index (χ2n) is 6.27. The summed E-state index contributed by atoms with van der Waals surface area (Å²) in [6, 6.07) is 4.67. The minimum Gasteiger partial charge on any atom is -0.444 e. The van der Waals surface area contributed by atoms with E-state index in [2.05, 4.69) is 15.1 Å². The Morgan fingerprint density at radius 2 is 2.00 bits per heavy atom. The first-order chi connectivity index (χ1) is 13.2. The van der Waals surface area contributed by atoms with Gasteiger partial charge < -0.3 is 4.42 Å². The molecule has 1 aromatic carbocycles. The van der Waals surface area contributed by atoms with E-state index in [4.69, 9.17) is 4.42 Å². The lowest BCUT2D eigenvalue weighted by molar-refractivity contribution is -0.137. The molecule has 3 aromatic heterocycles. The number of nitrogens with zero attached hydrogens (tertiary/aromatic N) is 5. The van der Waals surface area contributed by atoms with Crippen LogP contribution in [0.25, 0.3) is 16.7 Å². The van der Waals surface area contributed by atoms with Crippen LogP contribution in [0.4, 0.5) is 13.2 Å². The predicted molar refractivity (Wildman–Crippen MR) is 93.2 cm³/mol. The Balaban J connectivity index is 1.76. The molecule has 0 atom stereocenters. The number of rotatable bonds is 3. The summed E-state index contributed by atoms with van der Waals surface area (Å²) in [4.78, 5) is 21.2. The molecular formula is C18H14F3N5O2. The van der Waals surface area contributed by atoms with Crippen molar-refractivity contribution in [2.75, 3.05) is 0 Å². The van der Waals surface area contributed by atoms with Crippen LogP contribution >= 0.6 is 0 Å². The van der Waals surface area contributed by atoms with Gasteiger partial charge in [0, 0.05) is 0 Å². The molecule has 28 heavy (non-hydrogen) atoms. The molecule has 0 spiro atoms. The summed E-state index contributed by atoms with van der Waals surface area (Å²) in [6.07, 6.45) is -1.90. The van der Waals surface area contributed by atoms with Gasteiger partial charge in [0.05, 0.1) is 23.1 Å². The number of hydrogen-bond acceptors (Lipinski definition) is 5. The third-order valence-electron chi connectivity index (χ3n) is 4.35. The zero-order chi connectivity index (χ0) is 20.1. The molecule has 7 nitrogen and oxygen atoms in total. The third-order valence-corrected chi connectivity index (χ3v) is 4.35. The highest BCUT2D eigenvalue weighted by molar-refractivity contribution is 5.75. The van der Waals surface area contributed by atoms with E-state index < -0.39 is 17.3 Å². The van der Waals surface area contributed by atoms with Gasteiger partial charge in [-0.05, 0) is 32.0 Å². The predicted octanol–water partition coefficient (Wildman–Crippen LogP) is 3.25. The van der Waals surface area contributed by atoms with Crippen LogP contribution in [0.5, 0.6) is 0 Å². The highest BCUT2D eigenvalue weighted by Crippen LogP contribution is 2.30. The van der Waals surface area contributed by atoms with Crippen LogP contribution in [0.1, 0.15) is 22.9 Å². The van der Waals surface area contributed by atoms with Gasteiger partial charge in [-0.3, -0.25) is 9.36 Å². The van der Waals surface area contributed by atoms with E-state index >= 15 is 0 Å². The molecule has 0 amide bonds. The second kappa shape index (κ2) is 6.32. The van der Waals surface area contributed by atoms with Gasteiger partial charge in [0.2, 0.25) is 5.89 Å². The van der Waals surface area contributed by atoms with E-state index in [9.17, 15) is 18.0 Å². The molecule has 4 aromatic rings. The summed E-state index contributed by atoms with van der Waals surface area (Å²) >= 11 is 0. The maximum Gasteiger partial charge on any atom is 0.416 e. The highest BCUT2D eigenvalue weighted by atomic mass is 19.4. The normalized spacial score (nSPS) is 12.0. The molecule has 0 N–H and O–H groups in total. The fraction of sp³-hybridized carbons (Fsp3) is 0.222. The maximum atomic E-state index is 13.0. The van der Waals surface area contributed by atoms with E-state index in [1.165, 1.54) is 33.9 Å². The molecule has 10 heteroatoms. The molecule has 0 radical (unpaired) electrons. The monoisotopic (exact) mass is 389 g/mol. The van der Waals surface area contributed by atoms with Crippen molar-refractivity contribution < 1.29 is 17.6 Å². The Morgan fingerprint density at radius 3 is 2.68 bits per heavy atom. The SMILES string of the molecule is Cc1nc(Cn2cnc3c(cnn3-c3cccc(C(F)(F)F)c3)c2=O)oc1C. The van der Waals surface area contributed by atoms with Crippen LogP contribution in [0.2, 0.25) is 0 Å². The van der Waals surface area contributed by atoms with E-state index in [1.54, 1.807) is 13.8 Å². The number of fused-ring (bicyclic) bond motifs is 1. The van der Waals surface area contributed by atoms with Crippen molar-refractivity contribution in [3.63, 3.8) is 0 Å². The number of aromatic nitrogens is 5. The Bertz CT molecular complexity index is 1220. The smallest absolute Gasteiger partial charge is 0.416 e. The average molecular weight is 389 g/mol. The van der Waals surface area contributed by atoms with Gasteiger partial charge in [-0.1, -0.05) is 6.07 Å². The van der Waals surface area contributed by atoms with Gasteiger partial charge in [0.25, 0.3) is 5.56 Å². The van der Waals surface area contributed by atoms with Gasteiger partial charge in [0.15, 0.2) is 5.65 Å². The van der Waals surface area contributed by atoms with Gasteiger partial charge in [-0.2, -0.15) is 18.3 Å². The fourth-order valence-corrected chi connectivity index (χ4v) is 2.82. The quantitative estimate of drug-likeness (QED) is 0.537. The first-order valence-corrected chi connectivity index (χ1v) is 8.28. The molecule has 3 heterocycles. The van der Waals surface area contributed by atoms with Crippen molar-refractivity contribution >= 4 is 11.0 Å². The average Bonchev–Trinajstić information content (AvgIpc) is 3.21. The lowest BCUT2D eigenvalue weighted by atomic mass is 10.2. The standard InChI is InChI=1S/C18H14F3N5O2/c1-10-11(2)28-15(24-10)8-25-9-22-16-14(17(25)27)7-23-26(16)13-5-3-4-12(6-13)18(19,20)21/h3-7,9H,8H2,1-2H3. The number of benzene rings is 1. The number of halogens is 3. The molecule has 144 valence electrons. The third kappa shape index (κ3) is 3.06. The Labute approximate surface area is 156 Å². The topological polar surface area (TPSA) is 78.7 Å². The van der Waals surface area contributed by atoms with Crippen LogP contribution < -0.4 is 5.56 Å². The Kier molecular flexibility index (Phi) is 4.06. The van der Waals surface area contributed by atoms with Gasteiger partial charge in [-0.25, -0.2) is 14.6 Å². The fourth-order valence-electron chi connectivity index (χ4n) is 2.82.